The fraction of sp³-hybridized carbons (Fsp3) is 0.533. The van der Waals surface area contributed by atoms with Crippen LogP contribution >= 0.6 is 0 Å². The minimum absolute atomic E-state index is 0.107. The first-order valence-electron chi connectivity index (χ1n) is 7.04. The minimum Gasteiger partial charge on any atom is -0.477 e. The van der Waals surface area contributed by atoms with Gasteiger partial charge in [-0.05, 0) is 36.8 Å². The van der Waals surface area contributed by atoms with E-state index in [9.17, 15) is 9.59 Å². The van der Waals surface area contributed by atoms with Crippen LogP contribution in [-0.2, 0) is 0 Å². The maximum absolute atomic E-state index is 12.1. The molecule has 2 rings (SSSR count). The van der Waals surface area contributed by atoms with Crippen LogP contribution in [0.5, 0.6) is 0 Å². The Labute approximate surface area is 118 Å². The predicted octanol–water partition coefficient (Wildman–Crippen LogP) is 2.48. The molecule has 0 unspecified atom stereocenters. The molecule has 20 heavy (non-hydrogen) atoms. The lowest BCUT2D eigenvalue weighted by Gasteiger charge is -2.42. The molecule has 1 saturated carbocycles. The number of carbonyl (C=O) groups is 2. The van der Waals surface area contributed by atoms with Crippen molar-refractivity contribution in [3.8, 4) is 0 Å². The molecule has 5 nitrogen and oxygen atoms in total. The molecule has 0 saturated heterocycles. The summed E-state index contributed by atoms with van der Waals surface area (Å²) in [5.74, 6) is -1.35. The highest BCUT2D eigenvalue weighted by atomic mass is 16.4. The highest BCUT2D eigenvalue weighted by molar-refractivity contribution is 5.96. The van der Waals surface area contributed by atoms with Crippen molar-refractivity contribution in [1.29, 1.82) is 0 Å². The summed E-state index contributed by atoms with van der Waals surface area (Å²) in [5, 5.41) is 11.8. The molecule has 1 aliphatic rings. The number of nitrogens with one attached hydrogen (secondary N) is 1. The van der Waals surface area contributed by atoms with Gasteiger partial charge in [-0.3, -0.25) is 4.79 Å². The van der Waals surface area contributed by atoms with Gasteiger partial charge in [0.1, 0.15) is 5.69 Å². The van der Waals surface area contributed by atoms with Crippen molar-refractivity contribution < 1.29 is 14.7 Å². The van der Waals surface area contributed by atoms with Crippen LogP contribution in [0.3, 0.4) is 0 Å². The van der Waals surface area contributed by atoms with Crippen LogP contribution in [0.2, 0.25) is 0 Å². The van der Waals surface area contributed by atoms with E-state index in [0.29, 0.717) is 12.1 Å². The van der Waals surface area contributed by atoms with Crippen LogP contribution in [0.1, 0.15) is 59.9 Å². The van der Waals surface area contributed by atoms with Crippen LogP contribution in [0.15, 0.2) is 18.3 Å². The highest BCUT2D eigenvalue weighted by Gasteiger charge is 2.36. The average molecular weight is 276 g/mol. The Morgan fingerprint density at radius 1 is 1.45 bits per heavy atom. The van der Waals surface area contributed by atoms with Crippen molar-refractivity contribution in [2.75, 3.05) is 6.54 Å². The number of aromatic nitrogens is 1. The Hall–Kier alpha value is -1.91. The first-order valence-corrected chi connectivity index (χ1v) is 7.04. The van der Waals surface area contributed by atoms with Gasteiger partial charge in [-0.1, -0.05) is 19.8 Å². The van der Waals surface area contributed by atoms with Gasteiger partial charge in [0.05, 0.1) is 0 Å². The lowest BCUT2D eigenvalue weighted by atomic mass is 9.66. The molecule has 2 N–H and O–H groups in total. The predicted molar refractivity (Wildman–Crippen MR) is 74.7 cm³/mol. The van der Waals surface area contributed by atoms with Gasteiger partial charge in [0.25, 0.3) is 5.91 Å². The van der Waals surface area contributed by atoms with E-state index in [1.54, 1.807) is 0 Å². The number of pyridine rings is 1. The van der Waals surface area contributed by atoms with Gasteiger partial charge < -0.3 is 10.4 Å². The molecule has 1 heterocycles. The van der Waals surface area contributed by atoms with Gasteiger partial charge in [0.15, 0.2) is 0 Å². The van der Waals surface area contributed by atoms with Gasteiger partial charge in [-0.25, -0.2) is 9.78 Å². The van der Waals surface area contributed by atoms with Crippen molar-refractivity contribution >= 4 is 11.9 Å². The number of carbonyl (C=O) groups excluding carboxylic acids is 1. The number of carboxylic acid groups (broad SMARTS) is 1. The Balaban J connectivity index is 1.98. The van der Waals surface area contributed by atoms with Gasteiger partial charge >= 0.3 is 5.97 Å². The normalized spacial score (nSPS) is 16.2. The molecule has 0 bridgehead atoms. The molecule has 5 heteroatoms. The van der Waals surface area contributed by atoms with E-state index in [1.807, 2.05) is 0 Å². The van der Waals surface area contributed by atoms with E-state index in [-0.39, 0.29) is 17.0 Å². The van der Waals surface area contributed by atoms with Crippen LogP contribution < -0.4 is 5.32 Å². The van der Waals surface area contributed by atoms with Gasteiger partial charge in [-0.15, -0.1) is 0 Å². The quantitative estimate of drug-likeness (QED) is 0.836. The molecule has 0 atom stereocenters. The molecule has 1 aliphatic carbocycles. The van der Waals surface area contributed by atoms with E-state index in [4.69, 9.17) is 5.11 Å². The smallest absolute Gasteiger partial charge is 0.354 e. The van der Waals surface area contributed by atoms with Crippen molar-refractivity contribution in [2.24, 2.45) is 5.41 Å². The average Bonchev–Trinajstić information content (AvgIpc) is 2.41. The Bertz CT molecular complexity index is 510. The number of rotatable bonds is 6. The maximum Gasteiger partial charge on any atom is 0.354 e. The fourth-order valence-electron chi connectivity index (χ4n) is 2.78. The summed E-state index contributed by atoms with van der Waals surface area (Å²) in [6.07, 6.45) is 7.16. The molecule has 0 aromatic carbocycles. The molecule has 0 radical (unpaired) electrons. The lowest BCUT2D eigenvalue weighted by Crippen LogP contribution is -2.42. The second kappa shape index (κ2) is 6.03. The maximum atomic E-state index is 12.1. The second-order valence-corrected chi connectivity index (χ2v) is 5.52. The van der Waals surface area contributed by atoms with E-state index in [0.717, 1.165) is 25.7 Å². The number of amides is 1. The minimum atomic E-state index is -1.12. The number of hydrogen-bond donors (Lipinski definition) is 2. The largest absolute Gasteiger partial charge is 0.477 e. The van der Waals surface area contributed by atoms with Gasteiger partial charge in [-0.2, -0.15) is 0 Å². The van der Waals surface area contributed by atoms with Crippen LogP contribution in [0.25, 0.3) is 0 Å². The molecule has 0 aliphatic heterocycles. The van der Waals surface area contributed by atoms with Crippen molar-refractivity contribution in [3.05, 3.63) is 29.6 Å². The first-order chi connectivity index (χ1) is 9.56. The van der Waals surface area contributed by atoms with E-state index < -0.39 is 5.97 Å². The zero-order valence-electron chi connectivity index (χ0n) is 11.7. The highest BCUT2D eigenvalue weighted by Crippen LogP contribution is 2.44. The summed E-state index contributed by atoms with van der Waals surface area (Å²) in [6.45, 7) is 2.83. The van der Waals surface area contributed by atoms with Gasteiger partial charge in [0.2, 0.25) is 0 Å². The Morgan fingerprint density at radius 2 is 2.20 bits per heavy atom. The lowest BCUT2D eigenvalue weighted by molar-refractivity contribution is 0.0690. The molecule has 1 amide bonds. The monoisotopic (exact) mass is 276 g/mol. The summed E-state index contributed by atoms with van der Waals surface area (Å²) in [6, 6.07) is 2.85. The van der Waals surface area contributed by atoms with E-state index in [2.05, 4.69) is 17.2 Å². The number of aromatic carboxylic acids is 1. The molecule has 1 aromatic heterocycles. The molecular weight excluding hydrogens is 256 g/mol. The Morgan fingerprint density at radius 3 is 2.75 bits per heavy atom. The van der Waals surface area contributed by atoms with Crippen LogP contribution in [-0.4, -0.2) is 28.5 Å². The number of nitrogens with zero attached hydrogens (tertiary/aromatic N) is 1. The zero-order valence-corrected chi connectivity index (χ0v) is 11.7. The molecule has 1 aromatic rings. The first kappa shape index (κ1) is 14.5. The van der Waals surface area contributed by atoms with E-state index >= 15 is 0 Å². The second-order valence-electron chi connectivity index (χ2n) is 5.52. The van der Waals surface area contributed by atoms with Crippen molar-refractivity contribution in [2.45, 2.75) is 39.0 Å². The van der Waals surface area contributed by atoms with Gasteiger partial charge in [0, 0.05) is 18.3 Å². The summed E-state index contributed by atoms with van der Waals surface area (Å²) in [4.78, 5) is 26.6. The van der Waals surface area contributed by atoms with E-state index in [1.165, 1.54) is 24.8 Å². The topological polar surface area (TPSA) is 79.3 Å². The fourth-order valence-corrected chi connectivity index (χ4v) is 2.78. The molecule has 0 spiro atoms. The zero-order chi connectivity index (χ0) is 14.6. The Kier molecular flexibility index (Phi) is 4.37. The SMILES string of the molecule is CCCC1(CNC(=O)c2ccnc(C(=O)O)c2)CCC1. The molecule has 108 valence electrons. The third kappa shape index (κ3) is 3.15. The number of carboxylic acids is 1. The molecular formula is C15H20N2O3. The summed E-state index contributed by atoms with van der Waals surface area (Å²) >= 11 is 0. The third-order valence-electron chi connectivity index (χ3n) is 4.06. The van der Waals surface area contributed by atoms with Crippen LogP contribution in [0.4, 0.5) is 0 Å². The summed E-state index contributed by atoms with van der Waals surface area (Å²) in [5.41, 5.74) is 0.500. The summed E-state index contributed by atoms with van der Waals surface area (Å²) < 4.78 is 0. The third-order valence-corrected chi connectivity index (χ3v) is 4.06. The molecule has 1 fully saturated rings. The summed E-state index contributed by atoms with van der Waals surface area (Å²) in [7, 11) is 0. The van der Waals surface area contributed by atoms with Crippen molar-refractivity contribution in [3.63, 3.8) is 0 Å². The van der Waals surface area contributed by atoms with Crippen molar-refractivity contribution in [1.82, 2.24) is 10.3 Å². The van der Waals surface area contributed by atoms with Crippen LogP contribution in [0, 0.1) is 5.41 Å². The number of hydrogen-bond acceptors (Lipinski definition) is 3. The standard InChI is InChI=1S/C15H20N2O3/c1-2-5-15(6-3-7-15)10-17-13(18)11-4-8-16-12(9-11)14(19)20/h4,8-9H,2-3,5-7,10H2,1H3,(H,17,18)(H,19,20).